The predicted octanol–water partition coefficient (Wildman–Crippen LogP) is 3.09. The molecule has 4 aromatic rings. The van der Waals surface area contributed by atoms with E-state index in [9.17, 15) is 4.39 Å². The third-order valence-electron chi connectivity index (χ3n) is 4.01. The lowest BCUT2D eigenvalue weighted by Gasteiger charge is -2.13. The van der Waals surface area contributed by atoms with Crippen molar-refractivity contribution in [2.75, 3.05) is 5.73 Å². The third kappa shape index (κ3) is 3.04. The Morgan fingerprint density at radius 1 is 0.889 bits per heavy atom. The maximum absolute atomic E-state index is 13.4. The van der Waals surface area contributed by atoms with Crippen LogP contribution in [0.25, 0.3) is 33.4 Å². The molecular weight excluding hydrogens is 345 g/mol. The van der Waals surface area contributed by atoms with Gasteiger partial charge >= 0.3 is 0 Å². The molecule has 3 heterocycles. The van der Waals surface area contributed by atoms with Gasteiger partial charge in [-0.25, -0.2) is 24.3 Å². The first-order valence-electron chi connectivity index (χ1n) is 8.04. The second-order valence-electron chi connectivity index (χ2n) is 5.66. The topological polar surface area (TPSA) is 116 Å². The number of benzene rings is 1. The number of aromatic nitrogens is 4. The van der Waals surface area contributed by atoms with E-state index in [2.05, 4.69) is 24.9 Å². The number of nitrogens with two attached hydrogens (primary N) is 2. The minimum absolute atomic E-state index is 0.249. The first-order valence-corrected chi connectivity index (χ1v) is 8.04. The molecule has 1 aromatic carbocycles. The van der Waals surface area contributed by atoms with Crippen LogP contribution in [0.1, 0.15) is 0 Å². The lowest BCUT2D eigenvalue weighted by atomic mass is 9.98. The van der Waals surface area contributed by atoms with Crippen LogP contribution in [0.4, 0.5) is 16.0 Å². The van der Waals surface area contributed by atoms with Crippen molar-refractivity contribution >= 4 is 29.0 Å². The molecule has 0 aliphatic heterocycles. The highest BCUT2D eigenvalue weighted by atomic mass is 19.1. The van der Waals surface area contributed by atoms with Crippen molar-refractivity contribution in [2.45, 2.75) is 0 Å². The van der Waals surface area contributed by atoms with Gasteiger partial charge in [-0.2, -0.15) is 0 Å². The van der Waals surface area contributed by atoms with Crippen molar-refractivity contribution in [3.63, 3.8) is 0 Å². The van der Waals surface area contributed by atoms with Crippen molar-refractivity contribution < 1.29 is 4.39 Å². The first kappa shape index (κ1) is 16.5. The molecule has 8 heteroatoms. The van der Waals surface area contributed by atoms with E-state index in [0.29, 0.717) is 33.7 Å². The molecule has 0 unspecified atom stereocenters. The fraction of sp³-hybridized carbons (Fsp3) is 0. The summed E-state index contributed by atoms with van der Waals surface area (Å²) in [5.74, 6) is 0.390. The smallest absolute Gasteiger partial charge is 0.153 e. The summed E-state index contributed by atoms with van der Waals surface area (Å²) in [6.07, 6.45) is 5.97. The second kappa shape index (κ2) is 6.75. The molecule has 132 valence electrons. The Hall–Kier alpha value is -3.94. The largest absolute Gasteiger partial charge is 0.390 e. The average Bonchev–Trinajstić information content (AvgIpc) is 2.70. The summed E-state index contributed by atoms with van der Waals surface area (Å²) >= 11 is 0. The number of hydrogen-bond donors (Lipinski definition) is 2. The van der Waals surface area contributed by atoms with Gasteiger partial charge in [-0.15, -0.1) is 0 Å². The van der Waals surface area contributed by atoms with Crippen LogP contribution in [0, 0.1) is 5.82 Å². The summed E-state index contributed by atoms with van der Waals surface area (Å²) in [5.41, 5.74) is 15.2. The van der Waals surface area contributed by atoms with E-state index in [1.807, 2.05) is 6.07 Å². The summed E-state index contributed by atoms with van der Waals surface area (Å²) in [7, 11) is 0. The predicted molar refractivity (Wildman–Crippen MR) is 103 cm³/mol. The summed E-state index contributed by atoms with van der Waals surface area (Å²) in [6, 6.07) is 9.59. The normalized spacial score (nSPS) is 11.3. The molecule has 3 aromatic heterocycles. The monoisotopic (exact) mass is 359 g/mol. The molecule has 0 radical (unpaired) electrons. The van der Waals surface area contributed by atoms with Crippen LogP contribution in [0.3, 0.4) is 0 Å². The fourth-order valence-electron chi connectivity index (χ4n) is 2.83. The molecule has 4 N–H and O–H groups in total. The van der Waals surface area contributed by atoms with Gasteiger partial charge in [0.05, 0.1) is 12.0 Å². The molecule has 0 aliphatic carbocycles. The Morgan fingerprint density at radius 2 is 1.59 bits per heavy atom. The Kier molecular flexibility index (Phi) is 4.13. The van der Waals surface area contributed by atoms with Gasteiger partial charge < -0.3 is 11.5 Å². The molecule has 0 atom stereocenters. The fourth-order valence-corrected chi connectivity index (χ4v) is 2.83. The van der Waals surface area contributed by atoms with Gasteiger partial charge in [0.25, 0.3) is 0 Å². The Balaban J connectivity index is 2.02. The minimum atomic E-state index is -0.334. The molecule has 0 amide bonds. The van der Waals surface area contributed by atoms with E-state index in [-0.39, 0.29) is 11.6 Å². The molecule has 0 saturated carbocycles. The van der Waals surface area contributed by atoms with Gasteiger partial charge in [-0.3, -0.25) is 4.98 Å². The number of pyridine rings is 2. The number of hydrogen-bond acceptors (Lipinski definition) is 6. The highest BCUT2D eigenvalue weighted by Crippen LogP contribution is 2.37. The second-order valence-corrected chi connectivity index (χ2v) is 5.66. The van der Waals surface area contributed by atoms with E-state index in [0.717, 1.165) is 5.56 Å². The average molecular weight is 359 g/mol. The zero-order chi connectivity index (χ0) is 18.8. The number of nitrogens with zero attached hydrogens (tertiary/aromatic N) is 5. The summed E-state index contributed by atoms with van der Waals surface area (Å²) in [4.78, 5) is 21.5. The van der Waals surface area contributed by atoms with Crippen LogP contribution in [-0.2, 0) is 0 Å². The van der Waals surface area contributed by atoms with Gasteiger partial charge in [-0.1, -0.05) is 0 Å². The van der Waals surface area contributed by atoms with Gasteiger partial charge in [0, 0.05) is 35.3 Å². The van der Waals surface area contributed by atoms with Crippen molar-refractivity contribution in [1.29, 1.82) is 0 Å². The number of nitrogen functional groups attached to an aromatic ring is 1. The van der Waals surface area contributed by atoms with Crippen LogP contribution in [0.2, 0.25) is 0 Å². The molecular formula is C19H14FN7. The highest BCUT2D eigenvalue weighted by Gasteiger charge is 2.18. The maximum Gasteiger partial charge on any atom is 0.153 e. The summed E-state index contributed by atoms with van der Waals surface area (Å²) < 4.78 is 13.4. The van der Waals surface area contributed by atoms with Crippen LogP contribution in [0.15, 0.2) is 60.0 Å². The highest BCUT2D eigenvalue weighted by molar-refractivity contribution is 6.02. The molecule has 0 fully saturated rings. The molecule has 27 heavy (non-hydrogen) atoms. The summed E-state index contributed by atoms with van der Waals surface area (Å²) in [6.45, 7) is 0. The van der Waals surface area contributed by atoms with Crippen LogP contribution in [-0.4, -0.2) is 26.3 Å². The van der Waals surface area contributed by atoms with Crippen LogP contribution >= 0.6 is 0 Å². The SMILES string of the molecule is NC=Nc1ccc(-c2c(-c3ccc(F)cc3)nc(N)c3nccnc23)cn1. The Labute approximate surface area is 153 Å². The Morgan fingerprint density at radius 3 is 2.26 bits per heavy atom. The molecule has 0 aliphatic rings. The zero-order valence-corrected chi connectivity index (χ0v) is 14.0. The number of aliphatic imine (C=N–C) groups is 1. The van der Waals surface area contributed by atoms with Crippen molar-refractivity contribution in [2.24, 2.45) is 10.7 Å². The molecule has 0 bridgehead atoms. The van der Waals surface area contributed by atoms with Gasteiger partial charge in [0.2, 0.25) is 0 Å². The zero-order valence-electron chi connectivity index (χ0n) is 14.0. The molecule has 7 nitrogen and oxygen atoms in total. The lowest BCUT2D eigenvalue weighted by molar-refractivity contribution is 0.628. The van der Waals surface area contributed by atoms with E-state index in [1.165, 1.54) is 18.5 Å². The minimum Gasteiger partial charge on any atom is -0.390 e. The van der Waals surface area contributed by atoms with E-state index in [4.69, 9.17) is 11.5 Å². The van der Waals surface area contributed by atoms with E-state index in [1.54, 1.807) is 36.8 Å². The standard InChI is InChI=1S/C19H14FN7/c20-13-4-1-11(2-5-13)16-15(12-3-6-14(25-9-12)26-10-21)17-18(19(22)27-16)24-8-7-23-17/h1-10H,(H2,22,27)(H2,21,25,26). The third-order valence-corrected chi connectivity index (χ3v) is 4.01. The van der Waals surface area contributed by atoms with E-state index < -0.39 is 0 Å². The van der Waals surface area contributed by atoms with Gasteiger partial charge in [0.15, 0.2) is 11.6 Å². The number of rotatable bonds is 3. The summed E-state index contributed by atoms with van der Waals surface area (Å²) in [5, 5.41) is 0. The maximum atomic E-state index is 13.4. The van der Waals surface area contributed by atoms with E-state index >= 15 is 0 Å². The van der Waals surface area contributed by atoms with Crippen LogP contribution in [0.5, 0.6) is 0 Å². The van der Waals surface area contributed by atoms with Crippen LogP contribution < -0.4 is 11.5 Å². The molecule has 0 spiro atoms. The van der Waals surface area contributed by atoms with Crippen molar-refractivity contribution in [1.82, 2.24) is 19.9 Å². The lowest BCUT2D eigenvalue weighted by Crippen LogP contribution is -2.01. The van der Waals surface area contributed by atoms with Gasteiger partial charge in [0.1, 0.15) is 16.9 Å². The van der Waals surface area contributed by atoms with Gasteiger partial charge in [-0.05, 0) is 36.4 Å². The van der Waals surface area contributed by atoms with Crippen molar-refractivity contribution in [3.05, 3.63) is 60.8 Å². The molecule has 4 rings (SSSR count). The Bertz CT molecular complexity index is 1140. The first-order chi connectivity index (χ1) is 13.2. The van der Waals surface area contributed by atoms with Crippen molar-refractivity contribution in [3.8, 4) is 22.4 Å². The number of anilines is 1. The number of fused-ring (bicyclic) bond motifs is 1. The molecule has 0 saturated heterocycles. The quantitative estimate of drug-likeness (QED) is 0.429. The number of halogens is 1.